The average Bonchev–Trinajstić information content (AvgIpc) is 2.90. The summed E-state index contributed by atoms with van der Waals surface area (Å²) in [6.07, 6.45) is 1.74. The lowest BCUT2D eigenvalue weighted by atomic mass is 10.2. The van der Waals surface area contributed by atoms with Gasteiger partial charge in [-0.1, -0.05) is 42.8 Å². The first-order valence-corrected chi connectivity index (χ1v) is 13.6. The quantitative estimate of drug-likeness (QED) is 0.545. The van der Waals surface area contributed by atoms with Crippen LogP contribution in [0.1, 0.15) is 42.1 Å². The van der Waals surface area contributed by atoms with Gasteiger partial charge in [0.15, 0.2) is 6.10 Å². The van der Waals surface area contributed by atoms with Gasteiger partial charge in [-0.25, -0.2) is 13.2 Å². The molecule has 2 aromatic carbocycles. The third-order valence-electron chi connectivity index (χ3n) is 6.59. The number of nitrogens with zero attached hydrogens (tertiary/aromatic N) is 3. The van der Waals surface area contributed by atoms with E-state index >= 15 is 0 Å². The van der Waals surface area contributed by atoms with Crippen LogP contribution in [0.4, 0.5) is 0 Å². The third-order valence-corrected chi connectivity index (χ3v) is 8.48. The standard InChI is InChI=1S/C26H33N3O5S/c1-21(25(30)28-17-15-27(16-18-28)20-22-9-4-2-5-10-22)34-26(31)23-11-8-12-24(19-23)35(32,33)29-13-6-3-7-14-29/h2,4-5,8-12,19,21H,3,6-7,13-18,20H2,1H3/t21-/m0/s1. The first-order chi connectivity index (χ1) is 16.8. The van der Waals surface area contributed by atoms with Gasteiger partial charge in [0, 0.05) is 45.8 Å². The highest BCUT2D eigenvalue weighted by Gasteiger charge is 2.29. The maximum atomic E-state index is 12.9. The van der Waals surface area contributed by atoms with E-state index in [4.69, 9.17) is 4.74 Å². The Kier molecular flexibility index (Phi) is 8.20. The van der Waals surface area contributed by atoms with E-state index in [0.29, 0.717) is 26.2 Å². The predicted octanol–water partition coefficient (Wildman–Crippen LogP) is 2.75. The molecular weight excluding hydrogens is 466 g/mol. The second-order valence-corrected chi connectivity index (χ2v) is 11.1. The van der Waals surface area contributed by atoms with E-state index in [-0.39, 0.29) is 16.4 Å². The summed E-state index contributed by atoms with van der Waals surface area (Å²) in [7, 11) is -3.66. The van der Waals surface area contributed by atoms with Crippen LogP contribution in [0.15, 0.2) is 59.5 Å². The Bertz CT molecular complexity index is 1120. The van der Waals surface area contributed by atoms with Gasteiger partial charge in [-0.05, 0) is 43.5 Å². The van der Waals surface area contributed by atoms with E-state index in [2.05, 4.69) is 17.0 Å². The summed E-state index contributed by atoms with van der Waals surface area (Å²) < 4.78 is 32.8. The number of sulfonamides is 1. The Balaban J connectivity index is 1.32. The van der Waals surface area contributed by atoms with E-state index in [1.54, 1.807) is 11.8 Å². The highest BCUT2D eigenvalue weighted by Crippen LogP contribution is 2.22. The fourth-order valence-corrected chi connectivity index (χ4v) is 6.11. The Morgan fingerprint density at radius 3 is 2.26 bits per heavy atom. The zero-order valence-corrected chi connectivity index (χ0v) is 21.0. The molecule has 0 N–H and O–H groups in total. The molecule has 0 saturated carbocycles. The van der Waals surface area contributed by atoms with Crippen molar-refractivity contribution in [1.82, 2.24) is 14.1 Å². The number of carbonyl (C=O) groups is 2. The second-order valence-electron chi connectivity index (χ2n) is 9.13. The second kappa shape index (κ2) is 11.3. The maximum Gasteiger partial charge on any atom is 0.338 e. The molecule has 0 unspecified atom stereocenters. The molecule has 0 bridgehead atoms. The van der Waals surface area contributed by atoms with Gasteiger partial charge in [0.05, 0.1) is 10.5 Å². The van der Waals surface area contributed by atoms with Crippen molar-refractivity contribution in [3.05, 3.63) is 65.7 Å². The van der Waals surface area contributed by atoms with Crippen LogP contribution in [0.25, 0.3) is 0 Å². The van der Waals surface area contributed by atoms with Crippen LogP contribution >= 0.6 is 0 Å². The third kappa shape index (κ3) is 6.28. The lowest BCUT2D eigenvalue weighted by Gasteiger charge is -2.35. The van der Waals surface area contributed by atoms with Gasteiger partial charge in [0.1, 0.15) is 0 Å². The summed E-state index contributed by atoms with van der Waals surface area (Å²) in [5, 5.41) is 0. The van der Waals surface area contributed by atoms with Crippen LogP contribution in [-0.4, -0.2) is 79.8 Å². The molecule has 2 aromatic rings. The molecule has 2 aliphatic heterocycles. The normalized spacial score (nSPS) is 18.7. The monoisotopic (exact) mass is 499 g/mol. The van der Waals surface area contributed by atoms with Crippen molar-refractivity contribution in [3.8, 4) is 0 Å². The van der Waals surface area contributed by atoms with Crippen LogP contribution in [0.2, 0.25) is 0 Å². The lowest BCUT2D eigenvalue weighted by molar-refractivity contribution is -0.141. The first kappa shape index (κ1) is 25.3. The van der Waals surface area contributed by atoms with Crippen LogP contribution < -0.4 is 0 Å². The molecule has 1 amide bonds. The largest absolute Gasteiger partial charge is 0.449 e. The van der Waals surface area contributed by atoms with Gasteiger partial charge >= 0.3 is 5.97 Å². The van der Waals surface area contributed by atoms with Crippen LogP contribution in [0, 0.1) is 0 Å². The molecule has 2 aliphatic rings. The lowest BCUT2D eigenvalue weighted by Crippen LogP contribution is -2.51. The number of rotatable bonds is 7. The van der Waals surface area contributed by atoms with Crippen LogP contribution in [0.5, 0.6) is 0 Å². The molecule has 0 aromatic heterocycles. The van der Waals surface area contributed by atoms with E-state index in [0.717, 1.165) is 38.9 Å². The van der Waals surface area contributed by atoms with Crippen molar-refractivity contribution in [2.24, 2.45) is 0 Å². The zero-order chi connectivity index (χ0) is 24.8. The summed E-state index contributed by atoms with van der Waals surface area (Å²) in [6, 6.07) is 16.1. The number of ether oxygens (including phenoxy) is 1. The minimum atomic E-state index is -3.66. The number of carbonyl (C=O) groups excluding carboxylic acids is 2. The van der Waals surface area contributed by atoms with Crippen molar-refractivity contribution >= 4 is 21.9 Å². The zero-order valence-electron chi connectivity index (χ0n) is 20.1. The molecule has 2 fully saturated rings. The molecule has 0 spiro atoms. The molecular formula is C26H33N3O5S. The Morgan fingerprint density at radius 2 is 1.57 bits per heavy atom. The van der Waals surface area contributed by atoms with Gasteiger partial charge in [-0.2, -0.15) is 4.31 Å². The summed E-state index contributed by atoms with van der Waals surface area (Å²) >= 11 is 0. The molecule has 188 valence electrons. The number of piperidine rings is 1. The van der Waals surface area contributed by atoms with Crippen molar-refractivity contribution in [1.29, 1.82) is 0 Å². The van der Waals surface area contributed by atoms with Crippen LogP contribution in [0.3, 0.4) is 0 Å². The minimum absolute atomic E-state index is 0.0716. The average molecular weight is 500 g/mol. The first-order valence-electron chi connectivity index (χ1n) is 12.2. The number of esters is 1. The van der Waals surface area contributed by atoms with E-state index < -0.39 is 22.1 Å². The topological polar surface area (TPSA) is 87.2 Å². The maximum absolute atomic E-state index is 12.9. The molecule has 0 radical (unpaired) electrons. The highest BCUT2D eigenvalue weighted by molar-refractivity contribution is 7.89. The fraction of sp³-hybridized carbons (Fsp3) is 0.462. The van der Waals surface area contributed by atoms with Crippen molar-refractivity contribution in [2.45, 2.75) is 43.7 Å². The number of benzene rings is 2. The fourth-order valence-electron chi connectivity index (χ4n) is 4.54. The molecule has 0 aliphatic carbocycles. The number of hydrogen-bond acceptors (Lipinski definition) is 6. The number of hydrogen-bond donors (Lipinski definition) is 0. The molecule has 1 atom stereocenters. The Labute approximate surface area is 207 Å². The Morgan fingerprint density at radius 1 is 0.886 bits per heavy atom. The van der Waals surface area contributed by atoms with Gasteiger partial charge < -0.3 is 9.64 Å². The molecule has 4 rings (SSSR count). The predicted molar refractivity (Wildman–Crippen MR) is 132 cm³/mol. The minimum Gasteiger partial charge on any atom is -0.449 e. The summed E-state index contributed by atoms with van der Waals surface area (Å²) in [4.78, 5) is 29.7. The smallest absolute Gasteiger partial charge is 0.338 e. The van der Waals surface area contributed by atoms with E-state index in [1.807, 2.05) is 18.2 Å². The van der Waals surface area contributed by atoms with Crippen LogP contribution in [-0.2, 0) is 26.1 Å². The summed E-state index contributed by atoms with van der Waals surface area (Å²) in [5.74, 6) is -0.945. The molecule has 8 nitrogen and oxygen atoms in total. The molecule has 2 saturated heterocycles. The SMILES string of the molecule is C[C@H](OC(=O)c1cccc(S(=O)(=O)N2CCCCC2)c1)C(=O)N1CCN(Cc2ccccc2)CC1. The summed E-state index contributed by atoms with van der Waals surface area (Å²) in [5.41, 5.74) is 1.36. The van der Waals surface area contributed by atoms with E-state index in [9.17, 15) is 18.0 Å². The van der Waals surface area contributed by atoms with Gasteiger partial charge in [0.2, 0.25) is 10.0 Å². The van der Waals surface area contributed by atoms with Gasteiger partial charge in [-0.15, -0.1) is 0 Å². The molecule has 9 heteroatoms. The van der Waals surface area contributed by atoms with Gasteiger partial charge in [0.25, 0.3) is 5.91 Å². The van der Waals surface area contributed by atoms with Gasteiger partial charge in [-0.3, -0.25) is 9.69 Å². The number of amides is 1. The summed E-state index contributed by atoms with van der Waals surface area (Å²) in [6.45, 7) is 6.00. The Hall–Kier alpha value is -2.75. The molecule has 2 heterocycles. The van der Waals surface area contributed by atoms with Crippen molar-refractivity contribution in [2.75, 3.05) is 39.3 Å². The number of piperazine rings is 1. The molecule has 35 heavy (non-hydrogen) atoms. The van der Waals surface area contributed by atoms with Crippen molar-refractivity contribution in [3.63, 3.8) is 0 Å². The van der Waals surface area contributed by atoms with Crippen molar-refractivity contribution < 1.29 is 22.7 Å². The van der Waals surface area contributed by atoms with E-state index in [1.165, 1.54) is 34.1 Å². The highest BCUT2D eigenvalue weighted by atomic mass is 32.2.